The first-order valence-electron chi connectivity index (χ1n) is 9.85. The highest BCUT2D eigenvalue weighted by Gasteiger charge is 2.36. The molecule has 2 aliphatic rings. The number of piperidine rings is 1. The number of fused-ring (bicyclic) bond motifs is 1. The van der Waals surface area contributed by atoms with E-state index in [4.69, 9.17) is 0 Å². The number of rotatable bonds is 4. The Hall–Kier alpha value is -1.80. The molecule has 1 heterocycles. The van der Waals surface area contributed by atoms with Crippen LogP contribution in [0.15, 0.2) is 54.6 Å². The summed E-state index contributed by atoms with van der Waals surface area (Å²) in [5, 5.41) is 0. The van der Waals surface area contributed by atoms with E-state index in [0.29, 0.717) is 6.04 Å². The molecule has 0 amide bonds. The fourth-order valence-corrected chi connectivity index (χ4v) is 4.81. The van der Waals surface area contributed by atoms with Gasteiger partial charge >= 0.3 is 0 Å². The van der Waals surface area contributed by atoms with E-state index in [1.165, 1.54) is 55.4 Å². The second-order valence-corrected chi connectivity index (χ2v) is 8.47. The third-order valence-electron chi connectivity index (χ3n) is 6.48. The molecule has 25 heavy (non-hydrogen) atoms. The molecule has 1 aliphatic heterocycles. The summed E-state index contributed by atoms with van der Waals surface area (Å²) in [5.41, 5.74) is 4.49. The lowest BCUT2D eigenvalue weighted by Gasteiger charge is -2.45. The minimum atomic E-state index is 0.599. The van der Waals surface area contributed by atoms with Crippen LogP contribution in [0, 0.1) is 0 Å². The van der Waals surface area contributed by atoms with E-state index < -0.39 is 0 Å². The van der Waals surface area contributed by atoms with Crippen LogP contribution in [-0.4, -0.2) is 43.8 Å². The van der Waals surface area contributed by atoms with Crippen LogP contribution in [0.5, 0.6) is 0 Å². The summed E-state index contributed by atoms with van der Waals surface area (Å²) >= 11 is 0. The van der Waals surface area contributed by atoms with Crippen LogP contribution in [0.2, 0.25) is 0 Å². The van der Waals surface area contributed by atoms with E-state index in [1.807, 2.05) is 0 Å². The monoisotopic (exact) mass is 335 g/mol. The molecule has 0 unspecified atom stereocenters. The first-order valence-corrected chi connectivity index (χ1v) is 9.85. The van der Waals surface area contributed by atoms with Crippen LogP contribution in [0.1, 0.15) is 30.4 Å². The van der Waals surface area contributed by atoms with Gasteiger partial charge in [0, 0.05) is 18.2 Å². The Kier molecular flexibility index (Phi) is 4.56. The topological polar surface area (TPSA) is 3.24 Å². The molecule has 0 bridgehead atoms. The van der Waals surface area contributed by atoms with Crippen molar-refractivity contribution in [3.05, 3.63) is 65.7 Å². The molecule has 0 N–H and O–H groups in total. The van der Waals surface area contributed by atoms with E-state index in [2.05, 4.69) is 73.6 Å². The summed E-state index contributed by atoms with van der Waals surface area (Å²) in [6.07, 6.45) is 6.50. The van der Waals surface area contributed by atoms with Gasteiger partial charge in [-0.3, -0.25) is 0 Å². The highest BCUT2D eigenvalue weighted by molar-refractivity contribution is 5.50. The molecule has 2 aromatic rings. The first kappa shape index (κ1) is 16.7. The van der Waals surface area contributed by atoms with Gasteiger partial charge in [0.05, 0.1) is 27.2 Å². The van der Waals surface area contributed by atoms with E-state index in [-0.39, 0.29) is 0 Å². The van der Waals surface area contributed by atoms with Crippen molar-refractivity contribution in [2.45, 2.75) is 44.2 Å². The fourth-order valence-electron chi connectivity index (χ4n) is 4.81. The van der Waals surface area contributed by atoms with Crippen molar-refractivity contribution in [2.24, 2.45) is 0 Å². The number of likely N-dealkylation sites (N-methyl/N-ethyl adjacent to an activating group) is 1. The number of anilines is 1. The van der Waals surface area contributed by atoms with Gasteiger partial charge in [0.2, 0.25) is 0 Å². The molecule has 4 rings (SSSR count). The molecule has 2 nitrogen and oxygen atoms in total. The van der Waals surface area contributed by atoms with Crippen molar-refractivity contribution >= 4 is 5.69 Å². The quantitative estimate of drug-likeness (QED) is 0.754. The van der Waals surface area contributed by atoms with Gasteiger partial charge in [0.15, 0.2) is 0 Å². The van der Waals surface area contributed by atoms with Gasteiger partial charge in [-0.15, -0.1) is 0 Å². The Morgan fingerprint density at radius 3 is 2.16 bits per heavy atom. The van der Waals surface area contributed by atoms with Gasteiger partial charge < -0.3 is 9.38 Å². The third kappa shape index (κ3) is 3.46. The lowest BCUT2D eigenvalue weighted by molar-refractivity contribution is -0.918. The molecule has 0 spiro atoms. The number of likely N-dealkylation sites (tertiary alicyclic amines) is 1. The van der Waals surface area contributed by atoms with Crippen LogP contribution >= 0.6 is 0 Å². The van der Waals surface area contributed by atoms with Gasteiger partial charge in [0.25, 0.3) is 0 Å². The van der Waals surface area contributed by atoms with Gasteiger partial charge in [-0.2, -0.15) is 0 Å². The standard InChI is InChI=1S/C23H31N2/c1-25(2)15-9-8-14-23(25)18-24(21-12-4-3-5-13-21)22-16-19-10-6-7-11-20(19)17-22/h3-7,10-13,22-23H,8-9,14-18H2,1-2H3/q+1/t23-/m1/s1. The van der Waals surface area contributed by atoms with E-state index in [9.17, 15) is 0 Å². The van der Waals surface area contributed by atoms with E-state index in [0.717, 1.165) is 6.04 Å². The van der Waals surface area contributed by atoms with Crippen molar-refractivity contribution in [1.82, 2.24) is 0 Å². The van der Waals surface area contributed by atoms with Gasteiger partial charge in [0.1, 0.15) is 6.04 Å². The van der Waals surface area contributed by atoms with E-state index >= 15 is 0 Å². The summed E-state index contributed by atoms with van der Waals surface area (Å²) in [7, 11) is 4.85. The summed E-state index contributed by atoms with van der Waals surface area (Å²) < 4.78 is 1.17. The number of nitrogens with zero attached hydrogens (tertiary/aromatic N) is 2. The molecule has 1 fully saturated rings. The molecule has 2 aromatic carbocycles. The maximum atomic E-state index is 2.72. The van der Waals surface area contributed by atoms with Crippen LogP contribution in [0.25, 0.3) is 0 Å². The number of hydrogen-bond acceptors (Lipinski definition) is 1. The number of hydrogen-bond donors (Lipinski definition) is 0. The largest absolute Gasteiger partial charge is 0.362 e. The van der Waals surface area contributed by atoms with Crippen LogP contribution in [-0.2, 0) is 12.8 Å². The minimum Gasteiger partial charge on any atom is -0.362 e. The zero-order chi connectivity index (χ0) is 17.3. The van der Waals surface area contributed by atoms with Crippen molar-refractivity contribution in [2.75, 3.05) is 32.1 Å². The second kappa shape index (κ2) is 6.84. The van der Waals surface area contributed by atoms with Gasteiger partial charge in [-0.05, 0) is 48.9 Å². The van der Waals surface area contributed by atoms with Crippen molar-refractivity contribution in [3.8, 4) is 0 Å². The molecular formula is C23H31N2+. The minimum absolute atomic E-state index is 0.599. The Balaban J connectivity index is 1.60. The van der Waals surface area contributed by atoms with Crippen LogP contribution < -0.4 is 4.90 Å². The predicted molar refractivity (Wildman–Crippen MR) is 106 cm³/mol. The number of quaternary nitrogens is 1. The maximum absolute atomic E-state index is 2.72. The Labute approximate surface area is 152 Å². The molecule has 0 radical (unpaired) electrons. The van der Waals surface area contributed by atoms with Gasteiger partial charge in [-0.25, -0.2) is 0 Å². The normalized spacial score (nSPS) is 22.6. The van der Waals surface area contributed by atoms with Gasteiger partial charge in [-0.1, -0.05) is 42.5 Å². The zero-order valence-corrected chi connectivity index (χ0v) is 15.7. The Morgan fingerprint density at radius 1 is 0.880 bits per heavy atom. The molecular weight excluding hydrogens is 304 g/mol. The van der Waals surface area contributed by atoms with E-state index in [1.54, 1.807) is 11.1 Å². The first-order chi connectivity index (χ1) is 12.1. The lowest BCUT2D eigenvalue weighted by Crippen LogP contribution is -2.57. The highest BCUT2D eigenvalue weighted by Crippen LogP contribution is 2.31. The van der Waals surface area contributed by atoms with Crippen molar-refractivity contribution < 1.29 is 4.48 Å². The molecule has 1 saturated heterocycles. The van der Waals surface area contributed by atoms with Crippen molar-refractivity contribution in [3.63, 3.8) is 0 Å². The van der Waals surface area contributed by atoms with Crippen LogP contribution in [0.3, 0.4) is 0 Å². The predicted octanol–water partition coefficient (Wildman–Crippen LogP) is 4.29. The summed E-state index contributed by atoms with van der Waals surface area (Å²) in [6.45, 7) is 2.49. The number of para-hydroxylation sites is 1. The molecule has 1 aliphatic carbocycles. The van der Waals surface area contributed by atoms with Crippen molar-refractivity contribution in [1.29, 1.82) is 0 Å². The average Bonchev–Trinajstić information content (AvgIpc) is 3.05. The summed E-state index contributed by atoms with van der Waals surface area (Å²) in [6, 6.07) is 21.4. The average molecular weight is 336 g/mol. The smallest absolute Gasteiger partial charge is 0.106 e. The second-order valence-electron chi connectivity index (χ2n) is 8.47. The molecule has 132 valence electrons. The summed E-state index contributed by atoms with van der Waals surface area (Å²) in [5.74, 6) is 0. The molecule has 0 saturated carbocycles. The Morgan fingerprint density at radius 2 is 1.52 bits per heavy atom. The summed E-state index contributed by atoms with van der Waals surface area (Å²) in [4.78, 5) is 2.72. The third-order valence-corrected chi connectivity index (χ3v) is 6.48. The Bertz CT molecular complexity index is 682. The zero-order valence-electron chi connectivity index (χ0n) is 15.7. The fraction of sp³-hybridized carbons (Fsp3) is 0.478. The maximum Gasteiger partial charge on any atom is 0.106 e. The number of benzene rings is 2. The lowest BCUT2D eigenvalue weighted by atomic mass is 9.98. The highest BCUT2D eigenvalue weighted by atomic mass is 15.4. The molecule has 1 atom stereocenters. The molecule has 0 aromatic heterocycles. The van der Waals surface area contributed by atoms with Crippen LogP contribution in [0.4, 0.5) is 5.69 Å². The SMILES string of the molecule is C[N+]1(C)CCCC[C@@H]1CN(c1ccccc1)C1Cc2ccccc2C1. The molecule has 2 heteroatoms.